The molecule has 0 saturated heterocycles. The molecule has 0 bridgehead atoms. The molecule has 0 aliphatic carbocycles. The molecule has 0 atom stereocenters. The van der Waals surface area contributed by atoms with Crippen LogP contribution in [0.4, 0.5) is 0 Å². The molecule has 1 rings (SSSR count). The smallest absolute Gasteiger partial charge is 0.294 e. The van der Waals surface area contributed by atoms with Gasteiger partial charge in [-0.05, 0) is 6.42 Å². The highest BCUT2D eigenvalue weighted by Gasteiger charge is 1.99. The molecule has 0 aromatic rings. The van der Waals surface area contributed by atoms with Crippen LogP contribution in [0.3, 0.4) is 0 Å². The van der Waals surface area contributed by atoms with Gasteiger partial charge in [0.05, 0.1) is 6.61 Å². The molecule has 0 radical (unpaired) electrons. The average Bonchev–Trinajstić information content (AvgIpc) is 1.94. The Morgan fingerprint density at radius 2 is 2.50 bits per heavy atom. The third-order valence-electron chi connectivity index (χ3n) is 0.763. The minimum absolute atomic E-state index is 0.428. The highest BCUT2D eigenvalue weighted by Crippen LogP contribution is 1.94. The molecule has 0 N–H and O–H groups in total. The standard InChI is InChI=1S/C5H6O3/c6-5-3-1-2-4-7-8-5/h1,3H,2,4H2. The lowest BCUT2D eigenvalue weighted by Crippen LogP contribution is -1.98. The zero-order valence-electron chi connectivity index (χ0n) is 4.29. The van der Waals surface area contributed by atoms with Gasteiger partial charge in [0.1, 0.15) is 0 Å². The van der Waals surface area contributed by atoms with E-state index in [1.165, 1.54) is 6.08 Å². The summed E-state index contributed by atoms with van der Waals surface area (Å²) in [5, 5.41) is 0. The quantitative estimate of drug-likeness (QED) is 0.428. The summed E-state index contributed by atoms with van der Waals surface area (Å²) in [4.78, 5) is 18.8. The molecule has 0 aromatic heterocycles. The van der Waals surface area contributed by atoms with Crippen molar-refractivity contribution in [2.75, 3.05) is 6.61 Å². The summed E-state index contributed by atoms with van der Waals surface area (Å²) < 4.78 is 0. The molecular formula is C5H6O3. The first-order valence-corrected chi connectivity index (χ1v) is 2.39. The Morgan fingerprint density at radius 1 is 1.62 bits per heavy atom. The summed E-state index contributed by atoms with van der Waals surface area (Å²) in [6.07, 6.45) is 3.81. The third kappa shape index (κ3) is 1.35. The number of hydrogen-bond donors (Lipinski definition) is 0. The van der Waals surface area contributed by atoms with Gasteiger partial charge in [0.25, 0.3) is 0 Å². The lowest BCUT2D eigenvalue weighted by atomic mass is 10.4. The molecule has 3 heteroatoms. The van der Waals surface area contributed by atoms with Gasteiger partial charge in [0, 0.05) is 6.08 Å². The second kappa shape index (κ2) is 2.47. The Morgan fingerprint density at radius 3 is 3.38 bits per heavy atom. The summed E-state index contributed by atoms with van der Waals surface area (Å²) in [5.74, 6) is -0.428. The van der Waals surface area contributed by atoms with Gasteiger partial charge >= 0.3 is 5.97 Å². The predicted octanol–water partition coefficient (Wildman–Crippen LogP) is 0.421. The lowest BCUT2D eigenvalue weighted by molar-refractivity contribution is -0.264. The topological polar surface area (TPSA) is 35.5 Å². The van der Waals surface area contributed by atoms with E-state index >= 15 is 0 Å². The zero-order chi connectivity index (χ0) is 5.82. The van der Waals surface area contributed by atoms with Crippen molar-refractivity contribution in [3.05, 3.63) is 12.2 Å². The molecule has 1 aliphatic rings. The maximum absolute atomic E-state index is 10.2. The van der Waals surface area contributed by atoms with Crippen molar-refractivity contribution >= 4 is 5.97 Å². The Labute approximate surface area is 46.8 Å². The maximum atomic E-state index is 10.2. The van der Waals surface area contributed by atoms with Crippen LogP contribution < -0.4 is 0 Å². The molecule has 1 heterocycles. The van der Waals surface area contributed by atoms with Gasteiger partial charge in [-0.2, -0.15) is 4.89 Å². The average molecular weight is 114 g/mol. The molecule has 8 heavy (non-hydrogen) atoms. The minimum Gasteiger partial charge on any atom is -0.294 e. The fourth-order valence-electron chi connectivity index (χ4n) is 0.423. The summed E-state index contributed by atoms with van der Waals surface area (Å²) in [6, 6.07) is 0. The summed E-state index contributed by atoms with van der Waals surface area (Å²) >= 11 is 0. The monoisotopic (exact) mass is 114 g/mol. The van der Waals surface area contributed by atoms with Crippen molar-refractivity contribution in [1.82, 2.24) is 0 Å². The van der Waals surface area contributed by atoms with Crippen LogP contribution in [-0.2, 0) is 14.6 Å². The van der Waals surface area contributed by atoms with Crippen molar-refractivity contribution in [2.24, 2.45) is 0 Å². The first-order chi connectivity index (χ1) is 3.89. The first kappa shape index (κ1) is 5.31. The van der Waals surface area contributed by atoms with Crippen molar-refractivity contribution in [3.63, 3.8) is 0 Å². The second-order valence-electron chi connectivity index (χ2n) is 1.42. The van der Waals surface area contributed by atoms with Gasteiger partial charge in [-0.3, -0.25) is 4.89 Å². The van der Waals surface area contributed by atoms with E-state index in [9.17, 15) is 4.79 Å². The molecule has 0 unspecified atom stereocenters. The van der Waals surface area contributed by atoms with E-state index in [-0.39, 0.29) is 0 Å². The minimum atomic E-state index is -0.428. The SMILES string of the molecule is O=C1C=CCCOO1. The molecule has 0 aromatic carbocycles. The van der Waals surface area contributed by atoms with Gasteiger partial charge in [0.2, 0.25) is 0 Å². The van der Waals surface area contributed by atoms with E-state index in [1.54, 1.807) is 6.08 Å². The molecule has 0 amide bonds. The van der Waals surface area contributed by atoms with Crippen molar-refractivity contribution in [1.29, 1.82) is 0 Å². The molecule has 0 spiro atoms. The predicted molar refractivity (Wildman–Crippen MR) is 25.8 cm³/mol. The maximum Gasteiger partial charge on any atom is 0.365 e. The Bertz CT molecular complexity index is 117. The summed E-state index contributed by atoms with van der Waals surface area (Å²) in [5.41, 5.74) is 0. The van der Waals surface area contributed by atoms with E-state index in [1.807, 2.05) is 0 Å². The molecule has 1 aliphatic heterocycles. The fourth-order valence-corrected chi connectivity index (χ4v) is 0.423. The van der Waals surface area contributed by atoms with Crippen LogP contribution in [0.15, 0.2) is 12.2 Å². The van der Waals surface area contributed by atoms with Gasteiger partial charge in [-0.15, -0.1) is 0 Å². The molecule has 0 fully saturated rings. The van der Waals surface area contributed by atoms with E-state index in [0.29, 0.717) is 6.61 Å². The molecular weight excluding hydrogens is 108 g/mol. The largest absolute Gasteiger partial charge is 0.365 e. The van der Waals surface area contributed by atoms with E-state index < -0.39 is 5.97 Å². The van der Waals surface area contributed by atoms with E-state index in [2.05, 4.69) is 9.78 Å². The second-order valence-corrected chi connectivity index (χ2v) is 1.42. The van der Waals surface area contributed by atoms with Gasteiger partial charge < -0.3 is 0 Å². The van der Waals surface area contributed by atoms with Crippen LogP contribution >= 0.6 is 0 Å². The van der Waals surface area contributed by atoms with Crippen molar-refractivity contribution in [2.45, 2.75) is 6.42 Å². The van der Waals surface area contributed by atoms with Gasteiger partial charge in [-0.25, -0.2) is 4.79 Å². The normalized spacial score (nSPS) is 19.8. The third-order valence-corrected chi connectivity index (χ3v) is 0.763. The van der Waals surface area contributed by atoms with Crippen LogP contribution in [0.5, 0.6) is 0 Å². The van der Waals surface area contributed by atoms with E-state index in [4.69, 9.17) is 0 Å². The van der Waals surface area contributed by atoms with Gasteiger partial charge in [-0.1, -0.05) is 6.08 Å². The Kier molecular flexibility index (Phi) is 1.64. The first-order valence-electron chi connectivity index (χ1n) is 2.39. The highest BCUT2D eigenvalue weighted by molar-refractivity contribution is 5.81. The highest BCUT2D eigenvalue weighted by atomic mass is 17.2. The number of carbonyl (C=O) groups is 1. The Hall–Kier alpha value is -0.830. The van der Waals surface area contributed by atoms with Crippen LogP contribution in [0.1, 0.15) is 6.42 Å². The number of hydrogen-bond acceptors (Lipinski definition) is 3. The molecule has 3 nitrogen and oxygen atoms in total. The van der Waals surface area contributed by atoms with E-state index in [0.717, 1.165) is 6.42 Å². The van der Waals surface area contributed by atoms with Crippen LogP contribution in [0.2, 0.25) is 0 Å². The van der Waals surface area contributed by atoms with Crippen molar-refractivity contribution in [3.8, 4) is 0 Å². The molecule has 44 valence electrons. The zero-order valence-corrected chi connectivity index (χ0v) is 4.29. The van der Waals surface area contributed by atoms with Crippen molar-refractivity contribution < 1.29 is 14.6 Å². The van der Waals surface area contributed by atoms with Crippen LogP contribution in [-0.4, -0.2) is 12.6 Å². The van der Waals surface area contributed by atoms with Gasteiger partial charge in [0.15, 0.2) is 0 Å². The summed E-state index contributed by atoms with van der Waals surface area (Å²) in [7, 11) is 0. The number of rotatable bonds is 0. The summed E-state index contributed by atoms with van der Waals surface area (Å²) in [6.45, 7) is 0.461. The van der Waals surface area contributed by atoms with Crippen LogP contribution in [0, 0.1) is 0 Å². The lowest BCUT2D eigenvalue weighted by Gasteiger charge is -1.92. The van der Waals surface area contributed by atoms with Crippen LogP contribution in [0.25, 0.3) is 0 Å². The molecule has 0 saturated carbocycles. The number of carbonyl (C=O) groups excluding carboxylic acids is 1. The Balaban J connectivity index is 2.44. The fraction of sp³-hybridized carbons (Fsp3) is 0.400.